The minimum Gasteiger partial charge on any atom is -0.486 e. The molecule has 0 amide bonds. The quantitative estimate of drug-likeness (QED) is 0.849. The van der Waals surface area contributed by atoms with Gasteiger partial charge >= 0.3 is 0 Å². The molecule has 0 aromatic heterocycles. The molecule has 1 aliphatic rings. The zero-order valence-electron chi connectivity index (χ0n) is 11.9. The number of halogens is 1. The topological polar surface area (TPSA) is 53.7 Å². The van der Waals surface area contributed by atoms with E-state index in [9.17, 15) is 0 Å². The lowest BCUT2D eigenvalue weighted by Crippen LogP contribution is -2.15. The standard InChI is InChI=1S/C16H16ClNO3/c1-9-5-11(17)6-10(2)16(9)21-13-8-15-14(7-12(13)18)19-3-4-20-15/h5-8H,3-4,18H2,1-2H3. The van der Waals surface area contributed by atoms with Gasteiger partial charge in [0, 0.05) is 17.2 Å². The first-order valence-corrected chi connectivity index (χ1v) is 7.06. The molecule has 0 radical (unpaired) electrons. The van der Waals surface area contributed by atoms with Crippen molar-refractivity contribution in [3.63, 3.8) is 0 Å². The Kier molecular flexibility index (Phi) is 3.55. The predicted molar refractivity (Wildman–Crippen MR) is 82.8 cm³/mol. The van der Waals surface area contributed by atoms with E-state index in [1.807, 2.05) is 26.0 Å². The van der Waals surface area contributed by atoms with Crippen LogP contribution in [0.15, 0.2) is 24.3 Å². The van der Waals surface area contributed by atoms with Gasteiger partial charge in [0.25, 0.3) is 0 Å². The van der Waals surface area contributed by atoms with Crippen molar-refractivity contribution in [1.29, 1.82) is 0 Å². The summed E-state index contributed by atoms with van der Waals surface area (Å²) >= 11 is 6.03. The lowest BCUT2D eigenvalue weighted by Gasteiger charge is -2.21. The van der Waals surface area contributed by atoms with Crippen LogP contribution in [0.1, 0.15) is 11.1 Å². The molecule has 1 aliphatic heterocycles. The summed E-state index contributed by atoms with van der Waals surface area (Å²) in [6.07, 6.45) is 0. The van der Waals surface area contributed by atoms with Gasteiger partial charge in [0.05, 0.1) is 5.69 Å². The summed E-state index contributed by atoms with van der Waals surface area (Å²) in [5.74, 6) is 2.60. The van der Waals surface area contributed by atoms with Crippen molar-refractivity contribution in [2.75, 3.05) is 18.9 Å². The van der Waals surface area contributed by atoms with Gasteiger partial charge in [-0.25, -0.2) is 0 Å². The summed E-state index contributed by atoms with van der Waals surface area (Å²) in [6.45, 7) is 4.95. The number of fused-ring (bicyclic) bond motifs is 1. The highest BCUT2D eigenvalue weighted by Gasteiger charge is 2.17. The van der Waals surface area contributed by atoms with E-state index in [0.29, 0.717) is 41.2 Å². The van der Waals surface area contributed by atoms with Crippen molar-refractivity contribution in [2.45, 2.75) is 13.8 Å². The summed E-state index contributed by atoms with van der Waals surface area (Å²) in [7, 11) is 0. The first-order chi connectivity index (χ1) is 10.0. The van der Waals surface area contributed by atoms with E-state index in [-0.39, 0.29) is 0 Å². The lowest BCUT2D eigenvalue weighted by atomic mass is 10.1. The fraction of sp³-hybridized carbons (Fsp3) is 0.250. The molecule has 0 unspecified atom stereocenters. The SMILES string of the molecule is Cc1cc(Cl)cc(C)c1Oc1cc2c(cc1N)OCCO2. The molecule has 5 heteroatoms. The van der Waals surface area contributed by atoms with Gasteiger partial charge < -0.3 is 19.9 Å². The van der Waals surface area contributed by atoms with Crippen LogP contribution in [0.25, 0.3) is 0 Å². The molecule has 0 aliphatic carbocycles. The Bertz CT molecular complexity index is 677. The van der Waals surface area contributed by atoms with E-state index in [0.717, 1.165) is 16.9 Å². The predicted octanol–water partition coefficient (Wildman–Crippen LogP) is 4.10. The van der Waals surface area contributed by atoms with Gasteiger partial charge in [-0.05, 0) is 37.1 Å². The number of benzene rings is 2. The monoisotopic (exact) mass is 305 g/mol. The molecule has 110 valence electrons. The second-order valence-electron chi connectivity index (χ2n) is 5.00. The molecule has 2 aromatic carbocycles. The van der Waals surface area contributed by atoms with Gasteiger partial charge in [0.2, 0.25) is 0 Å². The molecule has 1 heterocycles. The molecule has 3 rings (SSSR count). The molecule has 2 aromatic rings. The van der Waals surface area contributed by atoms with Crippen LogP contribution in [0.4, 0.5) is 5.69 Å². The smallest absolute Gasteiger partial charge is 0.165 e. The van der Waals surface area contributed by atoms with Gasteiger partial charge in [0.1, 0.15) is 19.0 Å². The van der Waals surface area contributed by atoms with Crippen LogP contribution >= 0.6 is 11.6 Å². The Morgan fingerprint density at radius 2 is 1.57 bits per heavy atom. The summed E-state index contributed by atoms with van der Waals surface area (Å²) in [4.78, 5) is 0. The van der Waals surface area contributed by atoms with E-state index < -0.39 is 0 Å². The van der Waals surface area contributed by atoms with Crippen LogP contribution in [0.2, 0.25) is 5.02 Å². The van der Waals surface area contributed by atoms with Crippen LogP contribution in [0.5, 0.6) is 23.0 Å². The number of ether oxygens (including phenoxy) is 3. The molecule has 0 saturated heterocycles. The number of nitrogen functional groups attached to an aromatic ring is 1. The summed E-state index contributed by atoms with van der Waals surface area (Å²) < 4.78 is 17.0. The number of rotatable bonds is 2. The van der Waals surface area contributed by atoms with E-state index in [2.05, 4.69) is 0 Å². The Balaban J connectivity index is 1.99. The molecule has 0 saturated carbocycles. The van der Waals surface area contributed by atoms with Gasteiger partial charge in [0.15, 0.2) is 17.2 Å². The van der Waals surface area contributed by atoms with Crippen molar-refractivity contribution < 1.29 is 14.2 Å². The third-order valence-corrected chi connectivity index (χ3v) is 3.53. The van der Waals surface area contributed by atoms with Gasteiger partial charge in [-0.1, -0.05) is 11.6 Å². The fourth-order valence-corrected chi connectivity index (χ4v) is 2.67. The summed E-state index contributed by atoms with van der Waals surface area (Å²) in [5.41, 5.74) is 8.45. The maximum Gasteiger partial charge on any atom is 0.165 e. The first kappa shape index (κ1) is 13.9. The maximum absolute atomic E-state index is 6.04. The van der Waals surface area contributed by atoms with Crippen molar-refractivity contribution in [3.05, 3.63) is 40.4 Å². The molecular formula is C16H16ClNO3. The van der Waals surface area contributed by atoms with E-state index in [1.165, 1.54) is 0 Å². The number of hydrogen-bond donors (Lipinski definition) is 1. The molecule has 0 spiro atoms. The van der Waals surface area contributed by atoms with Crippen LogP contribution in [-0.4, -0.2) is 13.2 Å². The highest BCUT2D eigenvalue weighted by Crippen LogP contribution is 2.41. The van der Waals surface area contributed by atoms with Gasteiger partial charge in [-0.2, -0.15) is 0 Å². The molecular weight excluding hydrogens is 290 g/mol. The largest absolute Gasteiger partial charge is 0.486 e. The molecule has 0 bridgehead atoms. The average Bonchev–Trinajstić information content (AvgIpc) is 2.43. The van der Waals surface area contributed by atoms with Crippen LogP contribution in [0, 0.1) is 13.8 Å². The highest BCUT2D eigenvalue weighted by atomic mass is 35.5. The zero-order chi connectivity index (χ0) is 15.0. The Morgan fingerprint density at radius 1 is 1.00 bits per heavy atom. The second-order valence-corrected chi connectivity index (χ2v) is 5.44. The van der Waals surface area contributed by atoms with Crippen LogP contribution < -0.4 is 19.9 Å². The average molecular weight is 306 g/mol. The lowest BCUT2D eigenvalue weighted by molar-refractivity contribution is 0.171. The molecule has 0 fully saturated rings. The number of nitrogens with two attached hydrogens (primary N) is 1. The van der Waals surface area contributed by atoms with Crippen LogP contribution in [-0.2, 0) is 0 Å². The summed E-state index contributed by atoms with van der Waals surface area (Å²) in [5, 5.41) is 0.687. The maximum atomic E-state index is 6.04. The zero-order valence-corrected chi connectivity index (χ0v) is 12.7. The molecule has 2 N–H and O–H groups in total. The summed E-state index contributed by atoms with van der Waals surface area (Å²) in [6, 6.07) is 7.21. The molecule has 21 heavy (non-hydrogen) atoms. The second kappa shape index (κ2) is 5.37. The number of aryl methyl sites for hydroxylation is 2. The minimum absolute atomic E-state index is 0.507. The minimum atomic E-state index is 0.507. The van der Waals surface area contributed by atoms with E-state index >= 15 is 0 Å². The van der Waals surface area contributed by atoms with Gasteiger partial charge in [-0.15, -0.1) is 0 Å². The number of hydrogen-bond acceptors (Lipinski definition) is 4. The van der Waals surface area contributed by atoms with E-state index in [1.54, 1.807) is 12.1 Å². The highest BCUT2D eigenvalue weighted by molar-refractivity contribution is 6.30. The Morgan fingerprint density at radius 3 is 2.19 bits per heavy atom. The van der Waals surface area contributed by atoms with Gasteiger partial charge in [-0.3, -0.25) is 0 Å². The third-order valence-electron chi connectivity index (χ3n) is 3.31. The molecule has 4 nitrogen and oxygen atoms in total. The van der Waals surface area contributed by atoms with E-state index in [4.69, 9.17) is 31.5 Å². The normalized spacial score (nSPS) is 13.1. The van der Waals surface area contributed by atoms with Crippen molar-refractivity contribution in [1.82, 2.24) is 0 Å². The third kappa shape index (κ3) is 2.72. The number of anilines is 1. The first-order valence-electron chi connectivity index (χ1n) is 6.68. The van der Waals surface area contributed by atoms with Crippen molar-refractivity contribution in [2.24, 2.45) is 0 Å². The molecule has 0 atom stereocenters. The fourth-order valence-electron chi connectivity index (χ4n) is 2.34. The Labute approximate surface area is 128 Å². The van der Waals surface area contributed by atoms with Crippen molar-refractivity contribution >= 4 is 17.3 Å². The Hall–Kier alpha value is -2.07. The van der Waals surface area contributed by atoms with Crippen LogP contribution in [0.3, 0.4) is 0 Å². The van der Waals surface area contributed by atoms with Crippen molar-refractivity contribution in [3.8, 4) is 23.0 Å².